The lowest BCUT2D eigenvalue weighted by atomic mass is 10.1. The highest BCUT2D eigenvalue weighted by atomic mass is 16.2. The van der Waals surface area contributed by atoms with Crippen LogP contribution < -0.4 is 10.6 Å². The molecule has 0 heterocycles. The van der Waals surface area contributed by atoms with Crippen molar-refractivity contribution in [3.05, 3.63) is 23.8 Å². The van der Waals surface area contributed by atoms with Crippen molar-refractivity contribution in [2.45, 2.75) is 33.6 Å². The SMILES string of the molecule is CCCC(=O)Nc1ccc(NC(C)=O)c(C)c1. The second-order valence-electron chi connectivity index (χ2n) is 4.01. The maximum Gasteiger partial charge on any atom is 0.224 e. The summed E-state index contributed by atoms with van der Waals surface area (Å²) in [5, 5.41) is 5.54. The highest BCUT2D eigenvalue weighted by Gasteiger charge is 2.04. The summed E-state index contributed by atoms with van der Waals surface area (Å²) in [4.78, 5) is 22.3. The summed E-state index contributed by atoms with van der Waals surface area (Å²) in [6, 6.07) is 5.42. The van der Waals surface area contributed by atoms with Gasteiger partial charge in [-0.2, -0.15) is 0 Å². The Kier molecular flexibility index (Phi) is 4.69. The zero-order valence-corrected chi connectivity index (χ0v) is 10.5. The fourth-order valence-electron chi connectivity index (χ4n) is 1.52. The van der Waals surface area contributed by atoms with E-state index < -0.39 is 0 Å². The predicted molar refractivity (Wildman–Crippen MR) is 69.0 cm³/mol. The molecule has 0 fully saturated rings. The first-order valence-corrected chi connectivity index (χ1v) is 5.71. The molecule has 0 radical (unpaired) electrons. The summed E-state index contributed by atoms with van der Waals surface area (Å²) in [6.07, 6.45) is 1.35. The summed E-state index contributed by atoms with van der Waals surface area (Å²) in [5.74, 6) is -0.0879. The Morgan fingerprint density at radius 1 is 1.24 bits per heavy atom. The number of carbonyl (C=O) groups is 2. The summed E-state index contributed by atoms with van der Waals surface area (Å²) >= 11 is 0. The molecule has 4 nitrogen and oxygen atoms in total. The van der Waals surface area contributed by atoms with Gasteiger partial charge in [0.2, 0.25) is 11.8 Å². The monoisotopic (exact) mass is 234 g/mol. The number of anilines is 2. The van der Waals surface area contributed by atoms with E-state index in [-0.39, 0.29) is 11.8 Å². The van der Waals surface area contributed by atoms with E-state index in [4.69, 9.17) is 0 Å². The van der Waals surface area contributed by atoms with E-state index >= 15 is 0 Å². The first-order valence-electron chi connectivity index (χ1n) is 5.71. The number of amides is 2. The molecule has 92 valence electrons. The highest BCUT2D eigenvalue weighted by Crippen LogP contribution is 2.19. The van der Waals surface area contributed by atoms with Crippen molar-refractivity contribution < 1.29 is 9.59 Å². The Labute approximate surface area is 101 Å². The minimum atomic E-state index is -0.101. The largest absolute Gasteiger partial charge is 0.326 e. The van der Waals surface area contributed by atoms with Gasteiger partial charge in [-0.05, 0) is 37.1 Å². The quantitative estimate of drug-likeness (QED) is 0.841. The zero-order chi connectivity index (χ0) is 12.8. The summed E-state index contributed by atoms with van der Waals surface area (Å²) in [7, 11) is 0. The van der Waals surface area contributed by atoms with Crippen LogP contribution in [0.4, 0.5) is 11.4 Å². The van der Waals surface area contributed by atoms with E-state index in [1.807, 2.05) is 19.9 Å². The average molecular weight is 234 g/mol. The molecule has 0 aliphatic carbocycles. The van der Waals surface area contributed by atoms with E-state index in [2.05, 4.69) is 10.6 Å². The van der Waals surface area contributed by atoms with Crippen molar-refractivity contribution >= 4 is 23.2 Å². The van der Waals surface area contributed by atoms with Crippen molar-refractivity contribution in [1.29, 1.82) is 0 Å². The maximum atomic E-state index is 11.4. The molecule has 2 N–H and O–H groups in total. The predicted octanol–water partition coefficient (Wildman–Crippen LogP) is 2.69. The Hall–Kier alpha value is -1.84. The van der Waals surface area contributed by atoms with Crippen LogP contribution in [0.1, 0.15) is 32.3 Å². The second-order valence-corrected chi connectivity index (χ2v) is 4.01. The third-order valence-corrected chi connectivity index (χ3v) is 2.30. The maximum absolute atomic E-state index is 11.4. The van der Waals surface area contributed by atoms with Crippen molar-refractivity contribution in [3.63, 3.8) is 0 Å². The van der Waals surface area contributed by atoms with Gasteiger partial charge in [-0.1, -0.05) is 6.92 Å². The molecule has 17 heavy (non-hydrogen) atoms. The van der Waals surface area contributed by atoms with Crippen molar-refractivity contribution in [2.75, 3.05) is 10.6 Å². The molecular formula is C13H18N2O2. The van der Waals surface area contributed by atoms with Gasteiger partial charge in [-0.15, -0.1) is 0 Å². The molecule has 4 heteroatoms. The molecule has 1 aromatic carbocycles. The van der Waals surface area contributed by atoms with E-state index in [1.54, 1.807) is 12.1 Å². The Morgan fingerprint density at radius 3 is 2.47 bits per heavy atom. The molecule has 0 saturated carbocycles. The third-order valence-electron chi connectivity index (χ3n) is 2.30. The van der Waals surface area contributed by atoms with E-state index in [0.29, 0.717) is 6.42 Å². The molecule has 0 aliphatic rings. The number of rotatable bonds is 4. The van der Waals surface area contributed by atoms with E-state index in [1.165, 1.54) is 6.92 Å². The Morgan fingerprint density at radius 2 is 1.94 bits per heavy atom. The lowest BCUT2D eigenvalue weighted by Crippen LogP contribution is -2.11. The second kappa shape index (κ2) is 6.03. The van der Waals surface area contributed by atoms with Crippen LogP contribution in [0, 0.1) is 6.92 Å². The molecule has 0 bridgehead atoms. The number of benzene rings is 1. The minimum absolute atomic E-state index is 0.0131. The number of carbonyl (C=O) groups excluding carboxylic acids is 2. The minimum Gasteiger partial charge on any atom is -0.326 e. The van der Waals surface area contributed by atoms with E-state index in [0.717, 1.165) is 23.4 Å². The average Bonchev–Trinajstić information content (AvgIpc) is 2.22. The molecule has 0 unspecified atom stereocenters. The van der Waals surface area contributed by atoms with Crippen LogP contribution in [0.25, 0.3) is 0 Å². The van der Waals surface area contributed by atoms with E-state index in [9.17, 15) is 9.59 Å². The molecule has 2 amide bonds. The lowest BCUT2D eigenvalue weighted by Gasteiger charge is -2.09. The van der Waals surface area contributed by atoms with Gasteiger partial charge in [0, 0.05) is 24.7 Å². The molecule has 0 aromatic heterocycles. The topological polar surface area (TPSA) is 58.2 Å². The fraction of sp³-hybridized carbons (Fsp3) is 0.385. The van der Waals surface area contributed by atoms with Gasteiger partial charge in [-0.3, -0.25) is 9.59 Å². The van der Waals surface area contributed by atoms with Crippen LogP contribution in [0.3, 0.4) is 0 Å². The zero-order valence-electron chi connectivity index (χ0n) is 10.5. The smallest absolute Gasteiger partial charge is 0.224 e. The third kappa shape index (κ3) is 4.26. The molecule has 1 aromatic rings. The van der Waals surface area contributed by atoms with Crippen LogP contribution in [-0.2, 0) is 9.59 Å². The molecule has 0 spiro atoms. The summed E-state index contributed by atoms with van der Waals surface area (Å²) in [5.41, 5.74) is 2.45. The lowest BCUT2D eigenvalue weighted by molar-refractivity contribution is -0.116. The molecule has 0 saturated heterocycles. The van der Waals surface area contributed by atoms with Gasteiger partial charge in [0.25, 0.3) is 0 Å². The normalized spacial score (nSPS) is 9.82. The van der Waals surface area contributed by atoms with Crippen molar-refractivity contribution in [2.24, 2.45) is 0 Å². The summed E-state index contributed by atoms with van der Waals surface area (Å²) < 4.78 is 0. The van der Waals surface area contributed by atoms with Crippen molar-refractivity contribution in [1.82, 2.24) is 0 Å². The Balaban J connectivity index is 2.74. The molecule has 0 aliphatic heterocycles. The first-order chi connectivity index (χ1) is 8.02. The van der Waals surface area contributed by atoms with Gasteiger partial charge in [0.15, 0.2) is 0 Å². The van der Waals surface area contributed by atoms with Crippen LogP contribution in [0.5, 0.6) is 0 Å². The van der Waals surface area contributed by atoms with Crippen LogP contribution in [0.2, 0.25) is 0 Å². The molecule has 0 atom stereocenters. The van der Waals surface area contributed by atoms with Gasteiger partial charge in [0.1, 0.15) is 0 Å². The fourth-order valence-corrected chi connectivity index (χ4v) is 1.52. The van der Waals surface area contributed by atoms with Gasteiger partial charge >= 0.3 is 0 Å². The van der Waals surface area contributed by atoms with Crippen LogP contribution in [0.15, 0.2) is 18.2 Å². The van der Waals surface area contributed by atoms with Gasteiger partial charge in [-0.25, -0.2) is 0 Å². The van der Waals surface area contributed by atoms with Crippen LogP contribution >= 0.6 is 0 Å². The van der Waals surface area contributed by atoms with Gasteiger partial charge in [0.05, 0.1) is 0 Å². The van der Waals surface area contributed by atoms with Gasteiger partial charge < -0.3 is 10.6 Å². The Bertz CT molecular complexity index is 427. The van der Waals surface area contributed by atoms with Crippen LogP contribution in [-0.4, -0.2) is 11.8 Å². The number of nitrogens with one attached hydrogen (secondary N) is 2. The van der Waals surface area contributed by atoms with Crippen molar-refractivity contribution in [3.8, 4) is 0 Å². The highest BCUT2D eigenvalue weighted by molar-refractivity contribution is 5.92. The number of aryl methyl sites for hydroxylation is 1. The number of hydrogen-bond donors (Lipinski definition) is 2. The standard InChI is InChI=1S/C13H18N2O2/c1-4-5-13(17)15-11-6-7-12(9(2)8-11)14-10(3)16/h6-8H,4-5H2,1-3H3,(H,14,16)(H,15,17). The molecular weight excluding hydrogens is 216 g/mol. The first kappa shape index (κ1) is 13.2. The number of hydrogen-bond acceptors (Lipinski definition) is 2. The summed E-state index contributed by atoms with van der Waals surface area (Å²) in [6.45, 7) is 5.32. The molecule has 1 rings (SSSR count).